The SMILES string of the molecule is CC(c1cccc(C(F)(F)F)c1)N(C(=O)c1cccc(OCC2CCCO2)c1)C1CC1. The summed E-state index contributed by atoms with van der Waals surface area (Å²) in [6, 6.07) is 11.8. The molecule has 1 heterocycles. The summed E-state index contributed by atoms with van der Waals surface area (Å²) in [7, 11) is 0. The van der Waals surface area contributed by atoms with Crippen molar-refractivity contribution >= 4 is 5.91 Å². The highest BCUT2D eigenvalue weighted by atomic mass is 19.4. The van der Waals surface area contributed by atoms with Crippen LogP contribution in [0.4, 0.5) is 13.2 Å². The third-order valence-electron chi connectivity index (χ3n) is 5.83. The first-order valence-corrected chi connectivity index (χ1v) is 10.7. The first-order chi connectivity index (χ1) is 14.8. The maximum Gasteiger partial charge on any atom is 0.416 e. The number of carbonyl (C=O) groups excluding carboxylic acids is 1. The molecule has 1 saturated heterocycles. The van der Waals surface area contributed by atoms with Gasteiger partial charge in [0.05, 0.1) is 17.7 Å². The van der Waals surface area contributed by atoms with Gasteiger partial charge in [-0.15, -0.1) is 0 Å². The Hall–Kier alpha value is -2.54. The van der Waals surface area contributed by atoms with Gasteiger partial charge in [0.15, 0.2) is 0 Å². The lowest BCUT2D eigenvalue weighted by molar-refractivity contribution is -0.137. The predicted octanol–water partition coefficient (Wildman–Crippen LogP) is 5.63. The minimum absolute atomic E-state index is 0.0357. The van der Waals surface area contributed by atoms with Crippen LogP contribution in [0.3, 0.4) is 0 Å². The molecule has 0 aromatic heterocycles. The molecule has 4 nitrogen and oxygen atoms in total. The van der Waals surface area contributed by atoms with E-state index in [1.54, 1.807) is 42.2 Å². The molecule has 2 aliphatic rings. The summed E-state index contributed by atoms with van der Waals surface area (Å²) in [4.78, 5) is 15.1. The average Bonchev–Trinajstić information content (AvgIpc) is 3.45. The van der Waals surface area contributed by atoms with Gasteiger partial charge in [-0.1, -0.05) is 18.2 Å². The van der Waals surface area contributed by atoms with E-state index in [2.05, 4.69) is 0 Å². The molecular formula is C24H26F3NO3. The lowest BCUT2D eigenvalue weighted by Gasteiger charge is -2.30. The van der Waals surface area contributed by atoms with E-state index in [0.29, 0.717) is 23.5 Å². The first-order valence-electron chi connectivity index (χ1n) is 10.7. The van der Waals surface area contributed by atoms with Crippen molar-refractivity contribution in [2.75, 3.05) is 13.2 Å². The van der Waals surface area contributed by atoms with Gasteiger partial charge in [-0.05, 0) is 68.5 Å². The van der Waals surface area contributed by atoms with Gasteiger partial charge in [-0.25, -0.2) is 0 Å². The number of halogens is 3. The van der Waals surface area contributed by atoms with Gasteiger partial charge >= 0.3 is 6.18 Å². The van der Waals surface area contributed by atoms with E-state index >= 15 is 0 Å². The zero-order valence-corrected chi connectivity index (χ0v) is 17.4. The normalized spacial score (nSPS) is 19.8. The van der Waals surface area contributed by atoms with Crippen LogP contribution >= 0.6 is 0 Å². The molecule has 166 valence electrons. The largest absolute Gasteiger partial charge is 0.491 e. The van der Waals surface area contributed by atoms with Crippen molar-refractivity contribution in [1.29, 1.82) is 0 Å². The van der Waals surface area contributed by atoms with Gasteiger partial charge < -0.3 is 14.4 Å². The van der Waals surface area contributed by atoms with E-state index in [0.717, 1.165) is 44.4 Å². The zero-order chi connectivity index (χ0) is 22.0. The number of amides is 1. The van der Waals surface area contributed by atoms with E-state index in [9.17, 15) is 18.0 Å². The highest BCUT2D eigenvalue weighted by Gasteiger charge is 2.38. The Morgan fingerprint density at radius 1 is 1.16 bits per heavy atom. The highest BCUT2D eigenvalue weighted by Crippen LogP contribution is 2.38. The molecule has 1 amide bonds. The van der Waals surface area contributed by atoms with Gasteiger partial charge in [-0.2, -0.15) is 13.2 Å². The molecule has 0 bridgehead atoms. The zero-order valence-electron chi connectivity index (χ0n) is 17.4. The van der Waals surface area contributed by atoms with Gasteiger partial charge in [0.2, 0.25) is 0 Å². The Morgan fingerprint density at radius 2 is 1.94 bits per heavy atom. The number of alkyl halides is 3. The Balaban J connectivity index is 1.52. The molecule has 2 fully saturated rings. The Kier molecular flexibility index (Phi) is 6.23. The lowest BCUT2D eigenvalue weighted by Crippen LogP contribution is -2.35. The van der Waals surface area contributed by atoms with Gasteiger partial charge in [0, 0.05) is 18.2 Å². The Labute approximate surface area is 180 Å². The van der Waals surface area contributed by atoms with Crippen molar-refractivity contribution in [2.45, 2.75) is 57.0 Å². The number of hydrogen-bond donors (Lipinski definition) is 0. The fraction of sp³-hybridized carbons (Fsp3) is 0.458. The molecule has 0 spiro atoms. The van der Waals surface area contributed by atoms with Crippen LogP contribution < -0.4 is 4.74 Å². The Bertz CT molecular complexity index is 920. The van der Waals surface area contributed by atoms with Crippen LogP contribution in [-0.4, -0.2) is 36.2 Å². The summed E-state index contributed by atoms with van der Waals surface area (Å²) in [6.07, 6.45) is -0.657. The molecule has 4 rings (SSSR count). The van der Waals surface area contributed by atoms with Crippen LogP contribution in [0, 0.1) is 0 Å². The van der Waals surface area contributed by atoms with E-state index in [1.165, 1.54) is 6.07 Å². The van der Waals surface area contributed by atoms with E-state index in [4.69, 9.17) is 9.47 Å². The Morgan fingerprint density at radius 3 is 2.61 bits per heavy atom. The van der Waals surface area contributed by atoms with Crippen LogP contribution in [0.5, 0.6) is 5.75 Å². The molecule has 0 radical (unpaired) electrons. The summed E-state index contributed by atoms with van der Waals surface area (Å²) in [6.45, 7) is 2.96. The van der Waals surface area contributed by atoms with Gasteiger partial charge in [0.25, 0.3) is 5.91 Å². The van der Waals surface area contributed by atoms with Crippen LogP contribution in [0.15, 0.2) is 48.5 Å². The van der Waals surface area contributed by atoms with Crippen molar-refractivity contribution < 1.29 is 27.4 Å². The molecule has 2 unspecified atom stereocenters. The van der Waals surface area contributed by atoms with E-state index in [1.807, 2.05) is 0 Å². The molecule has 1 aliphatic heterocycles. The van der Waals surface area contributed by atoms with Crippen molar-refractivity contribution in [2.24, 2.45) is 0 Å². The number of hydrogen-bond acceptors (Lipinski definition) is 3. The second-order valence-corrected chi connectivity index (χ2v) is 8.22. The second kappa shape index (κ2) is 8.91. The smallest absolute Gasteiger partial charge is 0.416 e. The fourth-order valence-corrected chi connectivity index (χ4v) is 3.98. The van der Waals surface area contributed by atoms with Crippen molar-refractivity contribution in [3.63, 3.8) is 0 Å². The lowest BCUT2D eigenvalue weighted by atomic mass is 10.0. The number of rotatable bonds is 7. The second-order valence-electron chi connectivity index (χ2n) is 8.22. The minimum Gasteiger partial charge on any atom is -0.491 e. The number of benzene rings is 2. The number of nitrogens with zero attached hydrogens (tertiary/aromatic N) is 1. The molecule has 2 aromatic rings. The van der Waals surface area contributed by atoms with Gasteiger partial charge in [-0.3, -0.25) is 4.79 Å². The third kappa shape index (κ3) is 5.21. The molecule has 31 heavy (non-hydrogen) atoms. The van der Waals surface area contributed by atoms with Crippen LogP contribution in [0.25, 0.3) is 0 Å². The minimum atomic E-state index is -4.42. The molecule has 1 aliphatic carbocycles. The first kappa shape index (κ1) is 21.7. The average molecular weight is 433 g/mol. The van der Waals surface area contributed by atoms with Crippen LogP contribution in [-0.2, 0) is 10.9 Å². The standard InChI is InChI=1S/C24H26F3NO3/c1-16(17-5-2-7-19(13-17)24(25,26)27)28(20-10-11-20)23(29)18-6-3-8-21(14-18)31-15-22-9-4-12-30-22/h2-3,5-8,13-14,16,20,22H,4,9-12,15H2,1H3. The summed E-state index contributed by atoms with van der Waals surface area (Å²) in [5, 5.41) is 0. The number of carbonyl (C=O) groups is 1. The van der Waals surface area contributed by atoms with Crippen LogP contribution in [0.2, 0.25) is 0 Å². The summed E-state index contributed by atoms with van der Waals surface area (Å²) in [5.41, 5.74) is 0.237. The third-order valence-corrected chi connectivity index (χ3v) is 5.83. The molecule has 0 N–H and O–H groups in total. The van der Waals surface area contributed by atoms with Gasteiger partial charge in [0.1, 0.15) is 12.4 Å². The molecule has 7 heteroatoms. The quantitative estimate of drug-likeness (QED) is 0.568. The molecule has 1 saturated carbocycles. The monoisotopic (exact) mass is 433 g/mol. The maximum atomic E-state index is 13.4. The maximum absolute atomic E-state index is 13.4. The molecule has 2 atom stereocenters. The van der Waals surface area contributed by atoms with Crippen LogP contribution in [0.1, 0.15) is 60.1 Å². The van der Waals surface area contributed by atoms with Crippen molar-refractivity contribution in [1.82, 2.24) is 4.90 Å². The molecular weight excluding hydrogens is 407 g/mol. The van der Waals surface area contributed by atoms with E-state index in [-0.39, 0.29) is 18.1 Å². The van der Waals surface area contributed by atoms with Crippen molar-refractivity contribution in [3.8, 4) is 5.75 Å². The predicted molar refractivity (Wildman–Crippen MR) is 110 cm³/mol. The van der Waals surface area contributed by atoms with E-state index < -0.39 is 17.8 Å². The van der Waals surface area contributed by atoms with Crippen molar-refractivity contribution in [3.05, 3.63) is 65.2 Å². The summed E-state index contributed by atoms with van der Waals surface area (Å²) < 4.78 is 50.8. The molecule has 2 aromatic carbocycles. The summed E-state index contributed by atoms with van der Waals surface area (Å²) in [5.74, 6) is 0.388. The topological polar surface area (TPSA) is 38.8 Å². The summed E-state index contributed by atoms with van der Waals surface area (Å²) >= 11 is 0. The number of ether oxygens (including phenoxy) is 2. The highest BCUT2D eigenvalue weighted by molar-refractivity contribution is 5.95. The fourth-order valence-electron chi connectivity index (χ4n) is 3.98.